The largest absolute Gasteiger partial charge is 0.478 e. The SMILES string of the molecule is CC(NC(=O)OCC1c2ccccc2-c2ccccc21)C(C)C(=O)Nc1ccc(F)cc1C(=O)O. The van der Waals surface area contributed by atoms with Gasteiger partial charge in [-0.3, -0.25) is 4.79 Å². The van der Waals surface area contributed by atoms with Crippen LogP contribution in [0.2, 0.25) is 0 Å². The summed E-state index contributed by atoms with van der Waals surface area (Å²) in [6, 6.07) is 18.5. The number of fused-ring (bicyclic) bond motifs is 3. The highest BCUT2D eigenvalue weighted by atomic mass is 19.1. The molecule has 0 spiro atoms. The first kappa shape index (κ1) is 23.9. The highest BCUT2D eigenvalue weighted by Gasteiger charge is 2.30. The second kappa shape index (κ2) is 9.97. The van der Waals surface area contributed by atoms with Gasteiger partial charge in [0.25, 0.3) is 0 Å². The van der Waals surface area contributed by atoms with Crippen LogP contribution >= 0.6 is 0 Å². The van der Waals surface area contributed by atoms with Crippen LogP contribution in [-0.4, -0.2) is 35.7 Å². The number of hydrogen-bond acceptors (Lipinski definition) is 4. The highest BCUT2D eigenvalue weighted by molar-refractivity contribution is 6.01. The van der Waals surface area contributed by atoms with Gasteiger partial charge in [-0.05, 0) is 47.4 Å². The zero-order valence-electron chi connectivity index (χ0n) is 19.2. The smallest absolute Gasteiger partial charge is 0.407 e. The van der Waals surface area contributed by atoms with Crippen molar-refractivity contribution in [2.45, 2.75) is 25.8 Å². The van der Waals surface area contributed by atoms with Gasteiger partial charge in [0, 0.05) is 12.0 Å². The molecule has 0 heterocycles. The Kier molecular flexibility index (Phi) is 6.82. The quantitative estimate of drug-likeness (QED) is 0.444. The molecule has 0 bridgehead atoms. The number of ether oxygens (including phenoxy) is 1. The average molecular weight is 477 g/mol. The normalized spacial score (nSPS) is 13.8. The lowest BCUT2D eigenvalue weighted by Gasteiger charge is -2.22. The lowest BCUT2D eigenvalue weighted by Crippen LogP contribution is -2.42. The lowest BCUT2D eigenvalue weighted by molar-refractivity contribution is -0.120. The predicted octanol–water partition coefficient (Wildman–Crippen LogP) is 5.03. The summed E-state index contributed by atoms with van der Waals surface area (Å²) in [5.41, 5.74) is 4.05. The number of carboxylic acid groups (broad SMARTS) is 1. The standard InChI is InChI=1S/C27H25FN2O5/c1-15(25(31)30-24-12-11-17(28)13-22(24)26(32)33)16(2)29-27(34)35-14-23-20-9-5-3-7-18(20)19-8-4-6-10-21(19)23/h3-13,15-16,23H,14H2,1-2H3,(H,29,34)(H,30,31)(H,32,33). The number of carbonyl (C=O) groups is 3. The Morgan fingerprint density at radius 3 is 2.17 bits per heavy atom. The Morgan fingerprint density at radius 1 is 0.971 bits per heavy atom. The molecule has 1 aliphatic carbocycles. The molecule has 0 fully saturated rings. The number of aromatic carboxylic acids is 1. The molecule has 0 saturated heterocycles. The number of rotatable bonds is 7. The molecule has 3 aromatic carbocycles. The van der Waals surface area contributed by atoms with Crippen LogP contribution in [0.25, 0.3) is 11.1 Å². The van der Waals surface area contributed by atoms with E-state index < -0.39 is 35.7 Å². The van der Waals surface area contributed by atoms with Gasteiger partial charge in [-0.1, -0.05) is 55.5 Å². The molecule has 3 aromatic rings. The molecule has 1 aliphatic rings. The van der Waals surface area contributed by atoms with Crippen molar-refractivity contribution in [2.75, 3.05) is 11.9 Å². The van der Waals surface area contributed by atoms with E-state index in [0.29, 0.717) is 0 Å². The average Bonchev–Trinajstić information content (AvgIpc) is 3.16. The minimum absolute atomic E-state index is 0.0240. The molecule has 0 saturated carbocycles. The molecule has 8 heteroatoms. The molecule has 7 nitrogen and oxygen atoms in total. The molecule has 0 aromatic heterocycles. The molecule has 35 heavy (non-hydrogen) atoms. The van der Waals surface area contributed by atoms with Crippen LogP contribution in [0, 0.1) is 11.7 Å². The molecule has 4 rings (SSSR count). The number of benzene rings is 3. The first-order valence-electron chi connectivity index (χ1n) is 11.2. The Bertz CT molecular complexity index is 1250. The Labute approximate surface area is 201 Å². The number of amides is 2. The summed E-state index contributed by atoms with van der Waals surface area (Å²) in [5.74, 6) is -3.42. The minimum Gasteiger partial charge on any atom is -0.478 e. The molecule has 3 N–H and O–H groups in total. The summed E-state index contributed by atoms with van der Waals surface area (Å²) in [4.78, 5) is 36.5. The summed E-state index contributed by atoms with van der Waals surface area (Å²) in [6.45, 7) is 3.38. The van der Waals surface area contributed by atoms with Gasteiger partial charge in [0.1, 0.15) is 12.4 Å². The van der Waals surface area contributed by atoms with Crippen LogP contribution in [0.4, 0.5) is 14.9 Å². The van der Waals surface area contributed by atoms with Crippen LogP contribution in [0.5, 0.6) is 0 Å². The number of carbonyl (C=O) groups excluding carboxylic acids is 2. The van der Waals surface area contributed by atoms with Gasteiger partial charge < -0.3 is 20.5 Å². The maximum atomic E-state index is 13.4. The Morgan fingerprint density at radius 2 is 1.57 bits per heavy atom. The fourth-order valence-electron chi connectivity index (χ4n) is 4.23. The van der Waals surface area contributed by atoms with Crippen LogP contribution in [0.1, 0.15) is 41.3 Å². The fourth-order valence-corrected chi connectivity index (χ4v) is 4.23. The third-order valence-corrected chi connectivity index (χ3v) is 6.32. The monoisotopic (exact) mass is 476 g/mol. The zero-order chi connectivity index (χ0) is 25.1. The molecule has 0 radical (unpaired) electrons. The topological polar surface area (TPSA) is 105 Å². The summed E-state index contributed by atoms with van der Waals surface area (Å²) in [5, 5.41) is 14.4. The lowest BCUT2D eigenvalue weighted by atomic mass is 9.98. The van der Waals surface area contributed by atoms with E-state index in [1.807, 2.05) is 48.5 Å². The van der Waals surface area contributed by atoms with Gasteiger partial charge in [0.15, 0.2) is 0 Å². The second-order valence-electron chi connectivity index (χ2n) is 8.53. The van der Waals surface area contributed by atoms with Crippen LogP contribution in [0.15, 0.2) is 66.7 Å². The van der Waals surface area contributed by atoms with Crippen molar-refractivity contribution < 1.29 is 28.6 Å². The third-order valence-electron chi connectivity index (χ3n) is 6.32. The fraction of sp³-hybridized carbons (Fsp3) is 0.222. The summed E-state index contributed by atoms with van der Waals surface area (Å²) >= 11 is 0. The molecule has 180 valence electrons. The minimum atomic E-state index is -1.36. The van der Waals surface area contributed by atoms with E-state index in [4.69, 9.17) is 4.74 Å². The first-order valence-corrected chi connectivity index (χ1v) is 11.2. The van der Waals surface area contributed by atoms with Crippen LogP contribution in [-0.2, 0) is 9.53 Å². The van der Waals surface area contributed by atoms with E-state index in [0.717, 1.165) is 34.4 Å². The molecule has 2 unspecified atom stereocenters. The van der Waals surface area contributed by atoms with E-state index in [1.54, 1.807) is 13.8 Å². The maximum absolute atomic E-state index is 13.4. The zero-order valence-corrected chi connectivity index (χ0v) is 19.2. The molecule has 2 amide bonds. The van der Waals surface area contributed by atoms with Gasteiger partial charge in [-0.15, -0.1) is 0 Å². The molecular formula is C27H25FN2O5. The van der Waals surface area contributed by atoms with Crippen molar-refractivity contribution in [3.8, 4) is 11.1 Å². The van der Waals surface area contributed by atoms with E-state index in [-0.39, 0.29) is 23.8 Å². The summed E-state index contributed by atoms with van der Waals surface area (Å²) in [7, 11) is 0. The van der Waals surface area contributed by atoms with Gasteiger partial charge in [0.2, 0.25) is 5.91 Å². The van der Waals surface area contributed by atoms with Gasteiger partial charge in [0.05, 0.1) is 17.2 Å². The van der Waals surface area contributed by atoms with Crippen LogP contribution < -0.4 is 10.6 Å². The molecule has 0 aliphatic heterocycles. The summed E-state index contributed by atoms with van der Waals surface area (Å²) < 4.78 is 18.9. The molecule has 2 atom stereocenters. The number of hydrogen-bond donors (Lipinski definition) is 3. The Hall–Kier alpha value is -4.20. The Balaban J connectivity index is 1.36. The van der Waals surface area contributed by atoms with E-state index in [1.165, 1.54) is 6.07 Å². The van der Waals surface area contributed by atoms with E-state index in [9.17, 15) is 23.9 Å². The summed E-state index contributed by atoms with van der Waals surface area (Å²) in [6.07, 6.45) is -0.660. The highest BCUT2D eigenvalue weighted by Crippen LogP contribution is 2.44. The van der Waals surface area contributed by atoms with Crippen LogP contribution in [0.3, 0.4) is 0 Å². The van der Waals surface area contributed by atoms with Gasteiger partial charge >= 0.3 is 12.1 Å². The number of anilines is 1. The van der Waals surface area contributed by atoms with Crippen molar-refractivity contribution in [3.05, 3.63) is 89.2 Å². The first-order chi connectivity index (χ1) is 16.8. The van der Waals surface area contributed by atoms with E-state index >= 15 is 0 Å². The predicted molar refractivity (Wildman–Crippen MR) is 129 cm³/mol. The third kappa shape index (κ3) is 5.01. The second-order valence-corrected chi connectivity index (χ2v) is 8.53. The van der Waals surface area contributed by atoms with Crippen molar-refractivity contribution in [3.63, 3.8) is 0 Å². The van der Waals surface area contributed by atoms with Crippen molar-refractivity contribution in [2.24, 2.45) is 5.92 Å². The number of alkyl carbamates (subject to hydrolysis) is 1. The number of halogens is 1. The number of nitrogens with one attached hydrogen (secondary N) is 2. The van der Waals surface area contributed by atoms with Gasteiger partial charge in [-0.2, -0.15) is 0 Å². The van der Waals surface area contributed by atoms with Gasteiger partial charge in [-0.25, -0.2) is 14.0 Å². The number of carboxylic acids is 1. The maximum Gasteiger partial charge on any atom is 0.407 e. The van der Waals surface area contributed by atoms with Crippen molar-refractivity contribution >= 4 is 23.7 Å². The van der Waals surface area contributed by atoms with Crippen molar-refractivity contribution in [1.82, 2.24) is 5.32 Å². The van der Waals surface area contributed by atoms with E-state index in [2.05, 4.69) is 10.6 Å². The van der Waals surface area contributed by atoms with Crippen molar-refractivity contribution in [1.29, 1.82) is 0 Å². The molecular weight excluding hydrogens is 451 g/mol.